The summed E-state index contributed by atoms with van der Waals surface area (Å²) in [5, 5.41) is 2.89. The summed E-state index contributed by atoms with van der Waals surface area (Å²) in [4.78, 5) is 26.6. The molecule has 2 aliphatic rings. The van der Waals surface area contributed by atoms with Crippen molar-refractivity contribution in [1.29, 1.82) is 0 Å². The van der Waals surface area contributed by atoms with Crippen molar-refractivity contribution in [1.82, 2.24) is 4.90 Å². The first-order valence-corrected chi connectivity index (χ1v) is 11.3. The number of likely N-dealkylation sites (tertiary alicyclic amines) is 1. The quantitative estimate of drug-likeness (QED) is 0.823. The minimum atomic E-state index is -3.21. The van der Waals surface area contributed by atoms with Crippen LogP contribution in [0.3, 0.4) is 0 Å². The SMILES string of the molecule is O=C(Nc1ccc(N2CCCS2(=O)=O)cc1)C1CCN(C(=O)c2ccco2)CC1. The summed E-state index contributed by atoms with van der Waals surface area (Å²) >= 11 is 0. The van der Waals surface area contributed by atoms with Gasteiger partial charge in [-0.2, -0.15) is 0 Å². The number of hydrogen-bond donors (Lipinski definition) is 1. The van der Waals surface area contributed by atoms with Gasteiger partial charge in [0.05, 0.1) is 17.7 Å². The summed E-state index contributed by atoms with van der Waals surface area (Å²) in [6.45, 7) is 1.50. The molecule has 0 spiro atoms. The number of rotatable bonds is 4. The van der Waals surface area contributed by atoms with Crippen molar-refractivity contribution >= 4 is 33.2 Å². The zero-order chi connectivity index (χ0) is 20.4. The molecule has 29 heavy (non-hydrogen) atoms. The Labute approximate surface area is 169 Å². The summed E-state index contributed by atoms with van der Waals surface area (Å²) < 4.78 is 30.6. The number of nitrogens with one attached hydrogen (secondary N) is 1. The highest BCUT2D eigenvalue weighted by Gasteiger charge is 2.30. The van der Waals surface area contributed by atoms with Gasteiger partial charge in [-0.25, -0.2) is 8.42 Å². The fourth-order valence-electron chi connectivity index (χ4n) is 3.79. The van der Waals surface area contributed by atoms with E-state index in [0.29, 0.717) is 56.0 Å². The van der Waals surface area contributed by atoms with E-state index in [4.69, 9.17) is 4.42 Å². The lowest BCUT2D eigenvalue weighted by Crippen LogP contribution is -2.41. The number of carbonyl (C=O) groups excluding carboxylic acids is 2. The molecule has 0 saturated carbocycles. The second-order valence-electron chi connectivity index (χ2n) is 7.32. The van der Waals surface area contributed by atoms with Crippen LogP contribution in [0.2, 0.25) is 0 Å². The van der Waals surface area contributed by atoms with Gasteiger partial charge in [0.15, 0.2) is 5.76 Å². The average Bonchev–Trinajstić information content (AvgIpc) is 3.38. The molecule has 154 valence electrons. The number of hydrogen-bond acceptors (Lipinski definition) is 5. The van der Waals surface area contributed by atoms with Crippen molar-refractivity contribution in [3.63, 3.8) is 0 Å². The molecule has 1 aromatic carbocycles. The number of sulfonamides is 1. The van der Waals surface area contributed by atoms with Crippen LogP contribution < -0.4 is 9.62 Å². The monoisotopic (exact) mass is 417 g/mol. The maximum Gasteiger partial charge on any atom is 0.289 e. The third kappa shape index (κ3) is 4.14. The van der Waals surface area contributed by atoms with E-state index in [-0.39, 0.29) is 23.5 Å². The molecule has 2 aliphatic heterocycles. The molecule has 4 rings (SSSR count). The zero-order valence-electron chi connectivity index (χ0n) is 15.9. The number of carbonyl (C=O) groups is 2. The minimum Gasteiger partial charge on any atom is -0.459 e. The van der Waals surface area contributed by atoms with E-state index in [1.54, 1.807) is 41.3 Å². The lowest BCUT2D eigenvalue weighted by atomic mass is 9.95. The Bertz CT molecular complexity index is 978. The molecule has 8 nitrogen and oxygen atoms in total. The first kappa shape index (κ1) is 19.5. The number of nitrogens with zero attached hydrogens (tertiary/aromatic N) is 2. The Morgan fingerprint density at radius 2 is 1.76 bits per heavy atom. The summed E-state index contributed by atoms with van der Waals surface area (Å²) in [6.07, 6.45) is 3.27. The lowest BCUT2D eigenvalue weighted by Gasteiger charge is -2.30. The van der Waals surface area contributed by atoms with E-state index in [1.165, 1.54) is 10.6 Å². The van der Waals surface area contributed by atoms with E-state index in [2.05, 4.69) is 5.32 Å². The van der Waals surface area contributed by atoms with Crippen molar-refractivity contribution in [2.45, 2.75) is 19.3 Å². The van der Waals surface area contributed by atoms with Gasteiger partial charge in [-0.3, -0.25) is 13.9 Å². The molecule has 0 aliphatic carbocycles. The van der Waals surface area contributed by atoms with Gasteiger partial charge in [0, 0.05) is 31.2 Å². The normalized spacial score (nSPS) is 19.3. The van der Waals surface area contributed by atoms with Crippen LogP contribution in [0.1, 0.15) is 29.8 Å². The maximum atomic E-state index is 12.6. The zero-order valence-corrected chi connectivity index (χ0v) is 16.7. The molecule has 2 amide bonds. The molecule has 2 fully saturated rings. The molecule has 0 unspecified atom stereocenters. The van der Waals surface area contributed by atoms with Crippen LogP contribution in [-0.2, 0) is 14.8 Å². The van der Waals surface area contributed by atoms with E-state index < -0.39 is 10.0 Å². The third-order valence-electron chi connectivity index (χ3n) is 5.41. The van der Waals surface area contributed by atoms with Gasteiger partial charge in [-0.05, 0) is 55.7 Å². The summed E-state index contributed by atoms with van der Waals surface area (Å²) in [5.74, 6) is 0.0762. The van der Waals surface area contributed by atoms with Crippen LogP contribution in [0.4, 0.5) is 11.4 Å². The smallest absolute Gasteiger partial charge is 0.289 e. The van der Waals surface area contributed by atoms with E-state index in [0.717, 1.165) is 0 Å². The third-order valence-corrected chi connectivity index (χ3v) is 7.28. The molecule has 0 bridgehead atoms. The van der Waals surface area contributed by atoms with Crippen molar-refractivity contribution in [2.75, 3.05) is 35.0 Å². The molecule has 3 heterocycles. The van der Waals surface area contributed by atoms with Gasteiger partial charge < -0.3 is 14.6 Å². The molecular formula is C20H23N3O5S. The lowest BCUT2D eigenvalue weighted by molar-refractivity contribution is -0.121. The molecule has 2 aromatic rings. The fraction of sp³-hybridized carbons (Fsp3) is 0.400. The largest absolute Gasteiger partial charge is 0.459 e. The van der Waals surface area contributed by atoms with Crippen LogP contribution in [0, 0.1) is 5.92 Å². The molecule has 1 aromatic heterocycles. The Kier molecular flexibility index (Phi) is 5.31. The van der Waals surface area contributed by atoms with Gasteiger partial charge in [0.1, 0.15) is 0 Å². The first-order valence-electron chi connectivity index (χ1n) is 9.68. The van der Waals surface area contributed by atoms with Crippen LogP contribution in [0.15, 0.2) is 47.1 Å². The highest BCUT2D eigenvalue weighted by atomic mass is 32.2. The van der Waals surface area contributed by atoms with Crippen molar-refractivity contribution in [3.8, 4) is 0 Å². The summed E-state index contributed by atoms with van der Waals surface area (Å²) in [6, 6.07) is 10.2. The predicted molar refractivity (Wildman–Crippen MR) is 108 cm³/mol. The number of furan rings is 1. The fourth-order valence-corrected chi connectivity index (χ4v) is 5.35. The van der Waals surface area contributed by atoms with E-state index in [9.17, 15) is 18.0 Å². The number of benzene rings is 1. The van der Waals surface area contributed by atoms with Crippen molar-refractivity contribution in [3.05, 3.63) is 48.4 Å². The number of amides is 2. The standard InChI is InChI=1S/C20H23N3O5S/c24-19(15-8-11-22(12-9-15)20(25)18-3-1-13-28-18)21-16-4-6-17(7-5-16)23-10-2-14-29(23,26)27/h1,3-7,13,15H,2,8-12,14H2,(H,21,24). The molecule has 9 heteroatoms. The summed E-state index contributed by atoms with van der Waals surface area (Å²) in [5.41, 5.74) is 1.25. The van der Waals surface area contributed by atoms with E-state index >= 15 is 0 Å². The molecule has 2 saturated heterocycles. The molecule has 0 radical (unpaired) electrons. The van der Waals surface area contributed by atoms with Crippen LogP contribution in [0.5, 0.6) is 0 Å². The van der Waals surface area contributed by atoms with E-state index in [1.807, 2.05) is 0 Å². The molecular weight excluding hydrogens is 394 g/mol. The Balaban J connectivity index is 1.31. The van der Waals surface area contributed by atoms with Crippen LogP contribution in [0.25, 0.3) is 0 Å². The van der Waals surface area contributed by atoms with Gasteiger partial charge >= 0.3 is 0 Å². The summed E-state index contributed by atoms with van der Waals surface area (Å²) in [7, 11) is -3.21. The van der Waals surface area contributed by atoms with Gasteiger partial charge in [-0.15, -0.1) is 0 Å². The highest BCUT2D eigenvalue weighted by Crippen LogP contribution is 2.26. The Morgan fingerprint density at radius 3 is 2.34 bits per heavy atom. The van der Waals surface area contributed by atoms with Crippen molar-refractivity contribution in [2.24, 2.45) is 5.92 Å². The Morgan fingerprint density at radius 1 is 1.03 bits per heavy atom. The van der Waals surface area contributed by atoms with Crippen molar-refractivity contribution < 1.29 is 22.4 Å². The van der Waals surface area contributed by atoms with Gasteiger partial charge in [-0.1, -0.05) is 0 Å². The second-order valence-corrected chi connectivity index (χ2v) is 9.33. The topological polar surface area (TPSA) is 99.9 Å². The highest BCUT2D eigenvalue weighted by molar-refractivity contribution is 7.93. The second kappa shape index (κ2) is 7.90. The predicted octanol–water partition coefficient (Wildman–Crippen LogP) is 2.31. The molecule has 1 N–H and O–H groups in total. The van der Waals surface area contributed by atoms with Crippen LogP contribution >= 0.6 is 0 Å². The van der Waals surface area contributed by atoms with Crippen LogP contribution in [-0.4, -0.2) is 50.5 Å². The van der Waals surface area contributed by atoms with Gasteiger partial charge in [0.25, 0.3) is 5.91 Å². The number of piperidine rings is 1. The number of anilines is 2. The molecule has 0 atom stereocenters. The van der Waals surface area contributed by atoms with Gasteiger partial charge in [0.2, 0.25) is 15.9 Å². The minimum absolute atomic E-state index is 0.0864. The first-order chi connectivity index (χ1) is 13.9. The Hall–Kier alpha value is -2.81. The average molecular weight is 417 g/mol. The maximum absolute atomic E-state index is 12.6.